The molecule has 29 heavy (non-hydrogen) atoms. The highest BCUT2D eigenvalue weighted by Gasteiger charge is 2.18. The van der Waals surface area contributed by atoms with Crippen LogP contribution in [0.25, 0.3) is 10.8 Å². The Kier molecular flexibility index (Phi) is 6.24. The van der Waals surface area contributed by atoms with E-state index < -0.39 is 18.0 Å². The van der Waals surface area contributed by atoms with Gasteiger partial charge < -0.3 is 14.8 Å². The summed E-state index contributed by atoms with van der Waals surface area (Å²) in [7, 11) is 0. The van der Waals surface area contributed by atoms with E-state index in [2.05, 4.69) is 5.32 Å². The average Bonchev–Trinajstić information content (AvgIpc) is 2.72. The van der Waals surface area contributed by atoms with Crippen molar-refractivity contribution in [3.63, 3.8) is 0 Å². The molecule has 6 heteroatoms. The third-order valence-electron chi connectivity index (χ3n) is 4.33. The maximum absolute atomic E-state index is 12.2. The van der Waals surface area contributed by atoms with Crippen LogP contribution in [0.3, 0.4) is 0 Å². The fourth-order valence-electron chi connectivity index (χ4n) is 2.78. The summed E-state index contributed by atoms with van der Waals surface area (Å²) in [5.74, 6) is -0.606. The van der Waals surface area contributed by atoms with E-state index in [4.69, 9.17) is 9.47 Å². The van der Waals surface area contributed by atoms with Crippen LogP contribution in [0.2, 0.25) is 0 Å². The zero-order valence-electron chi connectivity index (χ0n) is 16.2. The van der Waals surface area contributed by atoms with Crippen molar-refractivity contribution < 1.29 is 23.9 Å². The summed E-state index contributed by atoms with van der Waals surface area (Å²) in [6.45, 7) is 2.64. The van der Waals surface area contributed by atoms with Gasteiger partial charge in [0.25, 0.3) is 5.91 Å². The van der Waals surface area contributed by atoms with E-state index in [0.717, 1.165) is 10.8 Å². The molecule has 0 bridgehead atoms. The third-order valence-corrected chi connectivity index (χ3v) is 4.33. The molecule has 148 valence electrons. The molecule has 3 aromatic rings. The zero-order valence-corrected chi connectivity index (χ0v) is 16.2. The number of hydrogen-bond acceptors (Lipinski definition) is 5. The lowest BCUT2D eigenvalue weighted by Crippen LogP contribution is -2.31. The van der Waals surface area contributed by atoms with E-state index in [9.17, 15) is 14.4 Å². The summed E-state index contributed by atoms with van der Waals surface area (Å²) in [5, 5.41) is 4.54. The molecule has 0 fully saturated rings. The van der Waals surface area contributed by atoms with Crippen LogP contribution in [0.5, 0.6) is 5.75 Å². The molecule has 1 amide bonds. The van der Waals surface area contributed by atoms with Crippen molar-refractivity contribution in [1.29, 1.82) is 0 Å². The second-order valence-corrected chi connectivity index (χ2v) is 6.52. The Morgan fingerprint density at radius 2 is 1.62 bits per heavy atom. The average molecular weight is 391 g/mol. The number of amides is 1. The van der Waals surface area contributed by atoms with E-state index in [-0.39, 0.29) is 12.4 Å². The molecular formula is C23H21NO5. The lowest BCUT2D eigenvalue weighted by Gasteiger charge is -2.14. The Balaban J connectivity index is 1.53. The molecule has 0 aromatic heterocycles. The molecule has 0 saturated carbocycles. The highest BCUT2D eigenvalue weighted by molar-refractivity contribution is 5.97. The molecule has 3 aromatic carbocycles. The topological polar surface area (TPSA) is 81.7 Å². The quantitative estimate of drug-likeness (QED) is 0.486. The van der Waals surface area contributed by atoms with E-state index in [1.54, 1.807) is 30.3 Å². The number of ketones is 1. The van der Waals surface area contributed by atoms with Crippen LogP contribution in [-0.2, 0) is 14.3 Å². The number of hydrogen-bond donors (Lipinski definition) is 1. The number of anilines is 1. The lowest BCUT2D eigenvalue weighted by atomic mass is 10.1. The van der Waals surface area contributed by atoms with Crippen molar-refractivity contribution in [3.8, 4) is 5.75 Å². The Labute approximate surface area is 168 Å². The zero-order chi connectivity index (χ0) is 20.8. The first kappa shape index (κ1) is 20.1. The number of benzene rings is 3. The minimum Gasteiger partial charge on any atom is -0.481 e. The molecule has 0 aliphatic carbocycles. The van der Waals surface area contributed by atoms with Crippen LogP contribution in [0.4, 0.5) is 5.69 Å². The fraction of sp³-hybridized carbons (Fsp3) is 0.174. The summed E-state index contributed by atoms with van der Waals surface area (Å²) in [4.78, 5) is 35.6. The maximum Gasteiger partial charge on any atom is 0.344 e. The molecule has 1 N–H and O–H groups in total. The molecule has 0 aliphatic rings. The number of fused-ring (bicyclic) bond motifs is 1. The second-order valence-electron chi connectivity index (χ2n) is 6.52. The van der Waals surface area contributed by atoms with Crippen LogP contribution in [0.15, 0.2) is 66.7 Å². The Bertz CT molecular complexity index is 1040. The normalized spacial score (nSPS) is 11.5. The van der Waals surface area contributed by atoms with Crippen LogP contribution >= 0.6 is 0 Å². The number of esters is 1. The first-order valence-corrected chi connectivity index (χ1v) is 9.16. The summed E-state index contributed by atoms with van der Waals surface area (Å²) in [5.41, 5.74) is 1.06. The number of rotatable bonds is 7. The molecule has 0 aliphatic heterocycles. The minimum atomic E-state index is -0.994. The molecule has 0 spiro atoms. The number of ether oxygens (including phenoxy) is 2. The van der Waals surface area contributed by atoms with Gasteiger partial charge in [0.05, 0.1) is 0 Å². The number of nitrogens with one attached hydrogen (secondary N) is 1. The van der Waals surface area contributed by atoms with Gasteiger partial charge in [0.15, 0.2) is 18.5 Å². The van der Waals surface area contributed by atoms with Crippen molar-refractivity contribution >= 4 is 34.1 Å². The van der Waals surface area contributed by atoms with Crippen LogP contribution in [0.1, 0.15) is 24.2 Å². The van der Waals surface area contributed by atoms with E-state index in [1.807, 2.05) is 36.4 Å². The van der Waals surface area contributed by atoms with Gasteiger partial charge in [-0.2, -0.15) is 0 Å². The molecular weight excluding hydrogens is 370 g/mol. The van der Waals surface area contributed by atoms with Gasteiger partial charge in [0.1, 0.15) is 5.75 Å². The summed E-state index contributed by atoms with van der Waals surface area (Å²) >= 11 is 0. The first-order chi connectivity index (χ1) is 13.9. The monoisotopic (exact) mass is 391 g/mol. The van der Waals surface area contributed by atoms with E-state index in [1.165, 1.54) is 13.8 Å². The summed E-state index contributed by atoms with van der Waals surface area (Å²) in [6.07, 6.45) is -0.994. The number of carbonyl (C=O) groups is 3. The third kappa shape index (κ3) is 5.19. The molecule has 3 rings (SSSR count). The van der Waals surface area contributed by atoms with Crippen LogP contribution in [-0.4, -0.2) is 30.4 Å². The number of carbonyl (C=O) groups excluding carboxylic acids is 3. The van der Waals surface area contributed by atoms with Gasteiger partial charge in [0.2, 0.25) is 0 Å². The molecule has 0 radical (unpaired) electrons. The van der Waals surface area contributed by atoms with Crippen molar-refractivity contribution in [3.05, 3.63) is 72.3 Å². The standard InChI is InChI=1S/C23H21NO5/c1-15(25)17-10-12-19(13-11-17)24-23(27)16(2)29-22(26)14-28-21-9-5-7-18-6-3-4-8-20(18)21/h3-13,16H,14H2,1-2H3,(H,24,27). The highest BCUT2D eigenvalue weighted by atomic mass is 16.6. The SMILES string of the molecule is CC(=O)c1ccc(NC(=O)C(C)OC(=O)COc2cccc3ccccc23)cc1. The smallest absolute Gasteiger partial charge is 0.344 e. The fourth-order valence-corrected chi connectivity index (χ4v) is 2.78. The van der Waals surface area contributed by atoms with Gasteiger partial charge in [-0.05, 0) is 49.6 Å². The maximum atomic E-state index is 12.2. The Hall–Kier alpha value is -3.67. The second kappa shape index (κ2) is 9.01. The summed E-state index contributed by atoms with van der Waals surface area (Å²) in [6, 6.07) is 19.7. The van der Waals surface area contributed by atoms with Gasteiger partial charge in [-0.1, -0.05) is 36.4 Å². The van der Waals surface area contributed by atoms with Gasteiger partial charge in [-0.15, -0.1) is 0 Å². The van der Waals surface area contributed by atoms with Crippen molar-refractivity contribution in [2.24, 2.45) is 0 Å². The Morgan fingerprint density at radius 1 is 0.931 bits per heavy atom. The molecule has 1 atom stereocenters. The number of Topliss-reactive ketones (excluding diaryl/α,β-unsaturated/α-hetero) is 1. The predicted octanol–water partition coefficient (Wildman–Crippen LogP) is 3.99. The van der Waals surface area contributed by atoms with E-state index >= 15 is 0 Å². The predicted molar refractivity (Wildman–Crippen MR) is 110 cm³/mol. The first-order valence-electron chi connectivity index (χ1n) is 9.16. The van der Waals surface area contributed by atoms with Crippen LogP contribution < -0.4 is 10.1 Å². The minimum absolute atomic E-state index is 0.0589. The molecule has 0 heterocycles. The van der Waals surface area contributed by atoms with Crippen molar-refractivity contribution in [2.75, 3.05) is 11.9 Å². The largest absolute Gasteiger partial charge is 0.481 e. The van der Waals surface area contributed by atoms with Crippen LogP contribution in [0, 0.1) is 0 Å². The molecule has 1 unspecified atom stereocenters. The van der Waals surface area contributed by atoms with E-state index in [0.29, 0.717) is 17.0 Å². The van der Waals surface area contributed by atoms with Crippen molar-refractivity contribution in [1.82, 2.24) is 0 Å². The van der Waals surface area contributed by atoms with Gasteiger partial charge in [-0.25, -0.2) is 4.79 Å². The lowest BCUT2D eigenvalue weighted by molar-refractivity contribution is -0.155. The molecule has 0 saturated heterocycles. The molecule has 6 nitrogen and oxygen atoms in total. The summed E-state index contributed by atoms with van der Waals surface area (Å²) < 4.78 is 10.7. The van der Waals surface area contributed by atoms with Gasteiger partial charge in [-0.3, -0.25) is 9.59 Å². The highest BCUT2D eigenvalue weighted by Crippen LogP contribution is 2.25. The van der Waals surface area contributed by atoms with Crippen molar-refractivity contribution in [2.45, 2.75) is 20.0 Å². The van der Waals surface area contributed by atoms with Gasteiger partial charge >= 0.3 is 5.97 Å². The Morgan fingerprint density at radius 3 is 2.34 bits per heavy atom. The van der Waals surface area contributed by atoms with Gasteiger partial charge in [0, 0.05) is 16.6 Å².